The number of hydrogen-bond acceptors (Lipinski definition) is 7. The van der Waals surface area contributed by atoms with Crippen molar-refractivity contribution in [2.75, 3.05) is 23.3 Å². The van der Waals surface area contributed by atoms with E-state index in [-0.39, 0.29) is 23.9 Å². The monoisotopic (exact) mass is 428 g/mol. The van der Waals surface area contributed by atoms with Crippen LogP contribution >= 0.6 is 11.3 Å². The molecule has 30 heavy (non-hydrogen) atoms. The van der Waals surface area contributed by atoms with Gasteiger partial charge in [-0.2, -0.15) is 0 Å². The van der Waals surface area contributed by atoms with Gasteiger partial charge in [0.1, 0.15) is 10.8 Å². The number of carbonyl (C=O) groups excluding carboxylic acids is 2. The highest BCUT2D eigenvalue weighted by atomic mass is 32.1. The van der Waals surface area contributed by atoms with Crippen LogP contribution in [0, 0.1) is 5.92 Å². The standard InChI is InChI=1S/C22H28N4O3S/c1-14(2)29-22(28)19-16-5-3-4-6-17(16)30-21(19)25-20(27)15-7-11-26(12-8-15)18-13-23-9-10-24-18/h9-10,13-15H,3-8,11-12H2,1-2H3,(H,25,27). The number of amides is 1. The predicted octanol–water partition coefficient (Wildman–Crippen LogP) is 3.84. The molecule has 1 amide bonds. The van der Waals surface area contributed by atoms with Gasteiger partial charge in [0.05, 0.1) is 17.9 Å². The van der Waals surface area contributed by atoms with Crippen LogP contribution in [0.4, 0.5) is 10.8 Å². The zero-order valence-electron chi connectivity index (χ0n) is 17.5. The number of hydrogen-bond donors (Lipinski definition) is 1. The molecule has 160 valence electrons. The summed E-state index contributed by atoms with van der Waals surface area (Å²) in [6, 6.07) is 0. The van der Waals surface area contributed by atoms with Gasteiger partial charge < -0.3 is 15.0 Å². The number of nitrogens with one attached hydrogen (secondary N) is 1. The molecule has 1 fully saturated rings. The van der Waals surface area contributed by atoms with Crippen LogP contribution < -0.4 is 10.2 Å². The number of aryl methyl sites for hydroxylation is 1. The number of thiophene rings is 1. The Morgan fingerprint density at radius 1 is 1.20 bits per heavy atom. The van der Waals surface area contributed by atoms with Crippen LogP contribution in [0.25, 0.3) is 0 Å². The molecule has 0 spiro atoms. The predicted molar refractivity (Wildman–Crippen MR) is 117 cm³/mol. The molecule has 0 bridgehead atoms. The van der Waals surface area contributed by atoms with Crippen molar-refractivity contribution in [3.63, 3.8) is 0 Å². The number of carbonyl (C=O) groups is 2. The molecule has 3 heterocycles. The number of piperidine rings is 1. The smallest absolute Gasteiger partial charge is 0.341 e. The first-order valence-electron chi connectivity index (χ1n) is 10.7. The SMILES string of the molecule is CC(C)OC(=O)c1c(NC(=O)C2CCN(c3cnccn3)CC2)sc2c1CCCC2. The molecule has 2 aliphatic rings. The minimum absolute atomic E-state index is 0.00834. The van der Waals surface area contributed by atoms with Crippen LogP contribution in [0.5, 0.6) is 0 Å². The zero-order chi connectivity index (χ0) is 21.1. The van der Waals surface area contributed by atoms with E-state index in [4.69, 9.17) is 4.74 Å². The Bertz CT molecular complexity index is 905. The second-order valence-corrected chi connectivity index (χ2v) is 9.29. The van der Waals surface area contributed by atoms with E-state index in [0.717, 1.165) is 63.0 Å². The van der Waals surface area contributed by atoms with Crippen molar-refractivity contribution in [3.05, 3.63) is 34.6 Å². The van der Waals surface area contributed by atoms with Gasteiger partial charge in [-0.25, -0.2) is 9.78 Å². The Kier molecular flexibility index (Phi) is 6.32. The molecular formula is C22H28N4O3S. The Labute approximate surface area is 180 Å². The van der Waals surface area contributed by atoms with E-state index >= 15 is 0 Å². The molecule has 0 atom stereocenters. The fourth-order valence-corrected chi connectivity index (χ4v) is 5.46. The maximum Gasteiger partial charge on any atom is 0.341 e. The third-order valence-electron chi connectivity index (χ3n) is 5.69. The van der Waals surface area contributed by atoms with Gasteiger partial charge in [-0.15, -0.1) is 11.3 Å². The van der Waals surface area contributed by atoms with E-state index < -0.39 is 0 Å². The van der Waals surface area contributed by atoms with Crippen molar-refractivity contribution in [1.29, 1.82) is 0 Å². The minimum atomic E-state index is -0.322. The third-order valence-corrected chi connectivity index (χ3v) is 6.90. The van der Waals surface area contributed by atoms with Crippen molar-refractivity contribution >= 4 is 34.0 Å². The second-order valence-electron chi connectivity index (χ2n) is 8.18. The Morgan fingerprint density at radius 2 is 1.97 bits per heavy atom. The van der Waals surface area contributed by atoms with E-state index in [1.54, 1.807) is 29.9 Å². The third kappa shape index (κ3) is 4.48. The Hall–Kier alpha value is -2.48. The molecule has 8 heteroatoms. The molecule has 2 aromatic rings. The number of nitrogens with zero attached hydrogens (tertiary/aromatic N) is 3. The lowest BCUT2D eigenvalue weighted by Crippen LogP contribution is -2.38. The zero-order valence-corrected chi connectivity index (χ0v) is 18.3. The van der Waals surface area contributed by atoms with E-state index in [0.29, 0.717) is 10.6 Å². The summed E-state index contributed by atoms with van der Waals surface area (Å²) in [5.41, 5.74) is 1.65. The van der Waals surface area contributed by atoms with Crippen LogP contribution in [0.3, 0.4) is 0 Å². The van der Waals surface area contributed by atoms with Crippen molar-refractivity contribution < 1.29 is 14.3 Å². The Balaban J connectivity index is 1.46. The van der Waals surface area contributed by atoms with Crippen LogP contribution in [-0.2, 0) is 22.4 Å². The van der Waals surface area contributed by atoms with Gasteiger partial charge in [0.25, 0.3) is 0 Å². The highest BCUT2D eigenvalue weighted by Gasteiger charge is 2.31. The van der Waals surface area contributed by atoms with Gasteiger partial charge in [-0.1, -0.05) is 0 Å². The average molecular weight is 429 g/mol. The number of rotatable bonds is 5. The van der Waals surface area contributed by atoms with Gasteiger partial charge in [0.15, 0.2) is 0 Å². The molecule has 1 N–H and O–H groups in total. The lowest BCUT2D eigenvalue weighted by molar-refractivity contribution is -0.120. The number of aromatic nitrogens is 2. The first-order chi connectivity index (χ1) is 14.5. The van der Waals surface area contributed by atoms with E-state index in [1.807, 2.05) is 13.8 Å². The van der Waals surface area contributed by atoms with Gasteiger partial charge in [0.2, 0.25) is 5.91 Å². The van der Waals surface area contributed by atoms with E-state index in [2.05, 4.69) is 20.2 Å². The van der Waals surface area contributed by atoms with Crippen LogP contribution in [0.2, 0.25) is 0 Å². The average Bonchev–Trinajstić information content (AvgIpc) is 3.12. The second kappa shape index (κ2) is 9.12. The number of esters is 1. The molecule has 7 nitrogen and oxygen atoms in total. The largest absolute Gasteiger partial charge is 0.459 e. The van der Waals surface area contributed by atoms with Gasteiger partial charge in [0, 0.05) is 36.3 Å². The lowest BCUT2D eigenvalue weighted by Gasteiger charge is -2.31. The van der Waals surface area contributed by atoms with Crippen molar-refractivity contribution in [3.8, 4) is 0 Å². The summed E-state index contributed by atoms with van der Waals surface area (Å²) in [5.74, 6) is 0.440. The highest BCUT2D eigenvalue weighted by molar-refractivity contribution is 7.17. The van der Waals surface area contributed by atoms with Crippen LogP contribution in [-0.4, -0.2) is 41.0 Å². The quantitative estimate of drug-likeness (QED) is 0.729. The molecule has 0 aromatic carbocycles. The first kappa shape index (κ1) is 20.8. The highest BCUT2D eigenvalue weighted by Crippen LogP contribution is 2.39. The topological polar surface area (TPSA) is 84.4 Å². The van der Waals surface area contributed by atoms with E-state index in [1.165, 1.54) is 4.88 Å². The summed E-state index contributed by atoms with van der Waals surface area (Å²) in [6.45, 7) is 5.22. The molecule has 1 aliphatic carbocycles. The summed E-state index contributed by atoms with van der Waals surface area (Å²) in [6.07, 6.45) is 10.4. The normalized spacial score (nSPS) is 17.0. The van der Waals surface area contributed by atoms with Crippen LogP contribution in [0.1, 0.15) is 60.3 Å². The maximum absolute atomic E-state index is 13.0. The number of anilines is 2. The van der Waals surface area contributed by atoms with Crippen molar-refractivity contribution in [1.82, 2.24) is 9.97 Å². The minimum Gasteiger partial charge on any atom is -0.459 e. The molecule has 0 saturated carbocycles. The molecule has 0 radical (unpaired) electrons. The van der Waals surface area contributed by atoms with Crippen LogP contribution in [0.15, 0.2) is 18.6 Å². The summed E-state index contributed by atoms with van der Waals surface area (Å²) in [5, 5.41) is 3.74. The molecule has 1 aliphatic heterocycles. The fourth-order valence-electron chi connectivity index (χ4n) is 4.18. The molecule has 0 unspecified atom stereocenters. The molecule has 4 rings (SSSR count). The van der Waals surface area contributed by atoms with Gasteiger partial charge >= 0.3 is 5.97 Å². The number of fused-ring (bicyclic) bond motifs is 1. The molecule has 1 saturated heterocycles. The molecular weight excluding hydrogens is 400 g/mol. The number of ether oxygens (including phenoxy) is 1. The lowest BCUT2D eigenvalue weighted by atomic mass is 9.94. The van der Waals surface area contributed by atoms with E-state index in [9.17, 15) is 9.59 Å². The maximum atomic E-state index is 13.0. The summed E-state index contributed by atoms with van der Waals surface area (Å²) >= 11 is 1.55. The first-order valence-corrected chi connectivity index (χ1v) is 11.5. The summed E-state index contributed by atoms with van der Waals surface area (Å²) < 4.78 is 5.49. The summed E-state index contributed by atoms with van der Waals surface area (Å²) in [7, 11) is 0. The summed E-state index contributed by atoms with van der Waals surface area (Å²) in [4.78, 5) is 37.6. The fraction of sp³-hybridized carbons (Fsp3) is 0.545. The van der Waals surface area contributed by atoms with Crippen molar-refractivity contribution in [2.45, 2.75) is 58.5 Å². The Morgan fingerprint density at radius 3 is 2.67 bits per heavy atom. The van der Waals surface area contributed by atoms with Gasteiger partial charge in [-0.05, 0) is 57.9 Å². The molecule has 2 aromatic heterocycles. The van der Waals surface area contributed by atoms with Crippen molar-refractivity contribution in [2.24, 2.45) is 5.92 Å². The van der Waals surface area contributed by atoms with Gasteiger partial charge in [-0.3, -0.25) is 9.78 Å².